The van der Waals surface area contributed by atoms with Gasteiger partial charge in [0.05, 0.1) is 18.1 Å². The number of H-pyrrole nitrogens is 1. The maximum Gasteiger partial charge on any atom is 0.255 e. The number of ether oxygens (including phenoxy) is 2. The molecule has 1 amide bonds. The van der Waals surface area contributed by atoms with Gasteiger partial charge >= 0.3 is 0 Å². The Morgan fingerprint density at radius 1 is 1.27 bits per heavy atom. The summed E-state index contributed by atoms with van der Waals surface area (Å²) in [6, 6.07) is 14.0. The summed E-state index contributed by atoms with van der Waals surface area (Å²) in [5.74, 6) is 2.29. The highest BCUT2D eigenvalue weighted by atomic mass is 16.5. The van der Waals surface area contributed by atoms with Crippen molar-refractivity contribution >= 4 is 16.9 Å². The number of carbonyl (C=O) groups is 1. The normalized spacial score (nSPS) is 17.2. The van der Waals surface area contributed by atoms with Crippen molar-refractivity contribution in [3.8, 4) is 11.5 Å². The van der Waals surface area contributed by atoms with Crippen LogP contribution in [0.25, 0.3) is 11.0 Å². The lowest BCUT2D eigenvalue weighted by Gasteiger charge is -2.32. The van der Waals surface area contributed by atoms with E-state index in [4.69, 9.17) is 20.2 Å². The van der Waals surface area contributed by atoms with Crippen LogP contribution in [0.5, 0.6) is 11.5 Å². The van der Waals surface area contributed by atoms with E-state index < -0.39 is 5.91 Å². The van der Waals surface area contributed by atoms with E-state index in [1.165, 1.54) is 12.8 Å². The average Bonchev–Trinajstić information content (AvgIpc) is 3.15. The number of nitrogens with one attached hydrogen (secondary N) is 1. The number of carbonyl (C=O) groups excluding carboxylic acids is 1. The first-order valence-electron chi connectivity index (χ1n) is 10.3. The quantitative estimate of drug-likeness (QED) is 0.598. The van der Waals surface area contributed by atoms with Gasteiger partial charge in [-0.1, -0.05) is 18.2 Å². The number of amides is 1. The molecule has 0 unspecified atom stereocenters. The number of likely N-dealkylation sites (tertiary alicyclic amines) is 1. The number of primary amides is 1. The predicted molar refractivity (Wildman–Crippen MR) is 115 cm³/mol. The van der Waals surface area contributed by atoms with Crippen molar-refractivity contribution in [2.75, 3.05) is 26.8 Å². The van der Waals surface area contributed by atoms with E-state index in [2.05, 4.69) is 16.0 Å². The number of imidazole rings is 1. The minimum absolute atomic E-state index is 0.161. The first-order chi connectivity index (χ1) is 14.6. The zero-order chi connectivity index (χ0) is 20.9. The number of rotatable bonds is 8. The number of hydrogen-bond donors (Lipinski definition) is 2. The lowest BCUT2D eigenvalue weighted by Crippen LogP contribution is -2.35. The van der Waals surface area contributed by atoms with Crippen LogP contribution in [-0.4, -0.2) is 47.6 Å². The fraction of sp³-hybridized carbons (Fsp3) is 0.391. The molecule has 3 aromatic rings. The molecule has 2 heterocycles. The van der Waals surface area contributed by atoms with Crippen molar-refractivity contribution in [2.45, 2.75) is 25.8 Å². The van der Waals surface area contributed by atoms with E-state index in [-0.39, 0.29) is 6.61 Å². The monoisotopic (exact) mass is 408 g/mol. The fourth-order valence-electron chi connectivity index (χ4n) is 4.17. The van der Waals surface area contributed by atoms with Crippen molar-refractivity contribution < 1.29 is 14.3 Å². The van der Waals surface area contributed by atoms with Gasteiger partial charge in [-0.25, -0.2) is 4.98 Å². The number of benzene rings is 2. The number of aromatic nitrogens is 2. The van der Waals surface area contributed by atoms with Gasteiger partial charge in [0, 0.05) is 19.5 Å². The maximum atomic E-state index is 11.0. The average molecular weight is 409 g/mol. The molecule has 0 spiro atoms. The molecule has 1 aromatic heterocycles. The maximum absolute atomic E-state index is 11.0. The smallest absolute Gasteiger partial charge is 0.255 e. The summed E-state index contributed by atoms with van der Waals surface area (Å²) in [6.07, 6.45) is 3.37. The van der Waals surface area contributed by atoms with Crippen LogP contribution < -0.4 is 15.2 Å². The summed E-state index contributed by atoms with van der Waals surface area (Å²) >= 11 is 0. The van der Waals surface area contributed by atoms with Crippen LogP contribution in [0.15, 0.2) is 42.5 Å². The number of piperidine rings is 1. The van der Waals surface area contributed by atoms with Gasteiger partial charge in [0.2, 0.25) is 0 Å². The molecule has 1 atom stereocenters. The standard InChI is InChI=1S/C23H28N4O3/c1-29-21-11-17(8-9-20(21)30-15-22(24)28)14-27-10-4-5-16(13-27)12-23-25-18-6-2-3-7-19(18)26-23/h2-3,6-9,11,16H,4-5,10,12-15H2,1H3,(H2,24,28)(H,25,26)/t16-/m1/s1. The van der Waals surface area contributed by atoms with Crippen molar-refractivity contribution in [2.24, 2.45) is 11.7 Å². The van der Waals surface area contributed by atoms with Gasteiger partial charge < -0.3 is 20.2 Å². The minimum atomic E-state index is -0.509. The van der Waals surface area contributed by atoms with Crippen LogP contribution >= 0.6 is 0 Å². The van der Waals surface area contributed by atoms with Crippen molar-refractivity contribution in [3.63, 3.8) is 0 Å². The third kappa shape index (κ3) is 4.91. The molecule has 1 fully saturated rings. The number of nitrogens with two attached hydrogens (primary N) is 1. The molecule has 158 valence electrons. The molecule has 0 aliphatic carbocycles. The predicted octanol–water partition coefficient (Wildman–Crippen LogP) is 2.89. The molecule has 4 rings (SSSR count). The molecular weight excluding hydrogens is 380 g/mol. The van der Waals surface area contributed by atoms with Gasteiger partial charge in [-0.15, -0.1) is 0 Å². The van der Waals surface area contributed by atoms with Crippen LogP contribution in [-0.2, 0) is 17.8 Å². The lowest BCUT2D eigenvalue weighted by molar-refractivity contribution is -0.119. The van der Waals surface area contributed by atoms with E-state index in [9.17, 15) is 4.79 Å². The van der Waals surface area contributed by atoms with Crippen LogP contribution in [0.4, 0.5) is 0 Å². The Kier molecular flexibility index (Phi) is 6.18. The summed E-state index contributed by atoms with van der Waals surface area (Å²) in [4.78, 5) is 21.6. The van der Waals surface area contributed by atoms with Gasteiger partial charge in [0.25, 0.3) is 5.91 Å². The molecule has 7 heteroatoms. The summed E-state index contributed by atoms with van der Waals surface area (Å²) in [5.41, 5.74) is 8.45. The first-order valence-corrected chi connectivity index (χ1v) is 10.3. The second-order valence-corrected chi connectivity index (χ2v) is 7.89. The minimum Gasteiger partial charge on any atom is -0.493 e. The lowest BCUT2D eigenvalue weighted by atomic mass is 9.94. The zero-order valence-corrected chi connectivity index (χ0v) is 17.3. The number of fused-ring (bicyclic) bond motifs is 1. The SMILES string of the molecule is COc1cc(CN2CCC[C@H](Cc3nc4ccccc4[nH]3)C2)ccc1OCC(N)=O. The summed E-state index contributed by atoms with van der Waals surface area (Å²) < 4.78 is 10.8. The van der Waals surface area contributed by atoms with Gasteiger partial charge in [0.15, 0.2) is 18.1 Å². The molecule has 0 bridgehead atoms. The Labute approximate surface area is 176 Å². The Morgan fingerprint density at radius 2 is 2.13 bits per heavy atom. The molecule has 2 aromatic carbocycles. The second kappa shape index (κ2) is 9.17. The van der Waals surface area contributed by atoms with Gasteiger partial charge in [-0.3, -0.25) is 9.69 Å². The second-order valence-electron chi connectivity index (χ2n) is 7.89. The fourth-order valence-corrected chi connectivity index (χ4v) is 4.17. The summed E-state index contributed by atoms with van der Waals surface area (Å²) in [5, 5.41) is 0. The third-order valence-electron chi connectivity index (χ3n) is 5.53. The topological polar surface area (TPSA) is 93.5 Å². The van der Waals surface area contributed by atoms with E-state index in [0.29, 0.717) is 17.4 Å². The molecule has 1 aliphatic heterocycles. The Morgan fingerprint density at radius 3 is 2.93 bits per heavy atom. The third-order valence-corrected chi connectivity index (χ3v) is 5.53. The van der Waals surface area contributed by atoms with Crippen LogP contribution in [0.1, 0.15) is 24.2 Å². The molecule has 30 heavy (non-hydrogen) atoms. The number of hydrogen-bond acceptors (Lipinski definition) is 5. The highest BCUT2D eigenvalue weighted by molar-refractivity contribution is 5.75. The van der Waals surface area contributed by atoms with Crippen LogP contribution in [0, 0.1) is 5.92 Å². The Hall–Kier alpha value is -3.06. The van der Waals surface area contributed by atoms with E-state index >= 15 is 0 Å². The highest BCUT2D eigenvalue weighted by Crippen LogP contribution is 2.29. The van der Waals surface area contributed by atoms with E-state index in [0.717, 1.165) is 48.5 Å². The van der Waals surface area contributed by atoms with Crippen molar-refractivity contribution in [1.29, 1.82) is 0 Å². The van der Waals surface area contributed by atoms with Crippen LogP contribution in [0.2, 0.25) is 0 Å². The first kappa shape index (κ1) is 20.2. The highest BCUT2D eigenvalue weighted by Gasteiger charge is 2.22. The summed E-state index contributed by atoms with van der Waals surface area (Å²) in [6.45, 7) is 2.81. The molecule has 1 aliphatic rings. The number of methoxy groups -OCH3 is 1. The van der Waals surface area contributed by atoms with Crippen LogP contribution in [0.3, 0.4) is 0 Å². The summed E-state index contributed by atoms with van der Waals surface area (Å²) in [7, 11) is 1.60. The number of para-hydroxylation sites is 2. The molecule has 1 saturated heterocycles. The van der Waals surface area contributed by atoms with Gasteiger partial charge in [0.1, 0.15) is 5.82 Å². The number of aromatic amines is 1. The number of nitrogens with zero attached hydrogens (tertiary/aromatic N) is 2. The molecule has 0 saturated carbocycles. The Balaban J connectivity index is 1.38. The van der Waals surface area contributed by atoms with E-state index in [1.54, 1.807) is 7.11 Å². The van der Waals surface area contributed by atoms with Gasteiger partial charge in [-0.05, 0) is 55.1 Å². The van der Waals surface area contributed by atoms with Gasteiger partial charge in [-0.2, -0.15) is 0 Å². The molecular formula is C23H28N4O3. The molecule has 0 radical (unpaired) electrons. The van der Waals surface area contributed by atoms with Crippen molar-refractivity contribution in [3.05, 3.63) is 53.9 Å². The molecule has 7 nitrogen and oxygen atoms in total. The largest absolute Gasteiger partial charge is 0.493 e. The Bertz CT molecular complexity index is 984. The zero-order valence-electron chi connectivity index (χ0n) is 17.3. The van der Waals surface area contributed by atoms with Crippen molar-refractivity contribution in [1.82, 2.24) is 14.9 Å². The molecule has 3 N–H and O–H groups in total. The van der Waals surface area contributed by atoms with E-state index in [1.807, 2.05) is 36.4 Å².